The Balaban J connectivity index is 1.84. The van der Waals surface area contributed by atoms with E-state index in [4.69, 9.17) is 4.74 Å². The summed E-state index contributed by atoms with van der Waals surface area (Å²) < 4.78 is 5.01. The molecule has 2 aromatic carbocycles. The van der Waals surface area contributed by atoms with E-state index in [-0.39, 0.29) is 12.0 Å². The van der Waals surface area contributed by atoms with Gasteiger partial charge in [0.05, 0.1) is 6.10 Å². The predicted molar refractivity (Wildman–Crippen MR) is 99.5 cm³/mol. The number of hydrogen-bond donors (Lipinski definition) is 2. The van der Waals surface area contributed by atoms with Crippen molar-refractivity contribution >= 4 is 5.97 Å². The molecule has 4 heteroatoms. The second-order valence-electron chi connectivity index (χ2n) is 6.49. The van der Waals surface area contributed by atoms with Crippen molar-refractivity contribution in [2.24, 2.45) is 0 Å². The van der Waals surface area contributed by atoms with E-state index in [1.807, 2.05) is 13.0 Å². The quantitative estimate of drug-likeness (QED) is 0.568. The first-order chi connectivity index (χ1) is 12.0. The molecule has 0 spiro atoms. The molecule has 25 heavy (non-hydrogen) atoms. The molecule has 0 radical (unpaired) electrons. The van der Waals surface area contributed by atoms with Crippen LogP contribution in [0.2, 0.25) is 0 Å². The van der Waals surface area contributed by atoms with Gasteiger partial charge in [-0.2, -0.15) is 0 Å². The highest BCUT2D eigenvalue weighted by Crippen LogP contribution is 2.21. The van der Waals surface area contributed by atoms with Gasteiger partial charge in [0.2, 0.25) is 0 Å². The standard InChI is InChI=1S/C21H27NO3/c1-15(9-10-18-7-5-4-6-8-18)22-16(2)21(24)19-11-13-20(14-12-19)25-17(3)23/h4-8,11-16,21-22,24H,9-10H2,1-3H3. The van der Waals surface area contributed by atoms with Crippen molar-refractivity contribution in [3.63, 3.8) is 0 Å². The summed E-state index contributed by atoms with van der Waals surface area (Å²) in [7, 11) is 0. The van der Waals surface area contributed by atoms with E-state index in [9.17, 15) is 9.90 Å². The largest absolute Gasteiger partial charge is 0.427 e. The van der Waals surface area contributed by atoms with Crippen LogP contribution in [0, 0.1) is 0 Å². The van der Waals surface area contributed by atoms with Crippen molar-refractivity contribution in [2.75, 3.05) is 0 Å². The summed E-state index contributed by atoms with van der Waals surface area (Å²) in [6, 6.07) is 17.6. The molecular weight excluding hydrogens is 314 g/mol. The summed E-state index contributed by atoms with van der Waals surface area (Å²) >= 11 is 0. The highest BCUT2D eigenvalue weighted by atomic mass is 16.5. The number of aryl methyl sites for hydroxylation is 1. The fraction of sp³-hybridized carbons (Fsp3) is 0.381. The molecule has 2 aromatic rings. The van der Waals surface area contributed by atoms with Gasteiger partial charge in [-0.15, -0.1) is 0 Å². The third-order valence-electron chi connectivity index (χ3n) is 4.21. The molecule has 0 aliphatic rings. The number of ether oxygens (including phenoxy) is 1. The molecular formula is C21H27NO3. The first kappa shape index (κ1) is 19.2. The number of carbonyl (C=O) groups excluding carboxylic acids is 1. The molecule has 2 rings (SSSR count). The van der Waals surface area contributed by atoms with Gasteiger partial charge < -0.3 is 15.2 Å². The van der Waals surface area contributed by atoms with Crippen LogP contribution in [-0.2, 0) is 11.2 Å². The van der Waals surface area contributed by atoms with E-state index in [2.05, 4.69) is 36.5 Å². The van der Waals surface area contributed by atoms with Crippen LogP contribution in [-0.4, -0.2) is 23.2 Å². The molecule has 0 fully saturated rings. The minimum absolute atomic E-state index is 0.0784. The van der Waals surface area contributed by atoms with Crippen molar-refractivity contribution in [1.82, 2.24) is 5.32 Å². The Hall–Kier alpha value is -2.17. The first-order valence-corrected chi connectivity index (χ1v) is 8.72. The molecule has 0 aliphatic heterocycles. The van der Waals surface area contributed by atoms with Gasteiger partial charge in [-0.3, -0.25) is 4.79 Å². The molecule has 0 saturated carbocycles. The van der Waals surface area contributed by atoms with Crippen molar-refractivity contribution in [3.8, 4) is 5.75 Å². The van der Waals surface area contributed by atoms with E-state index in [0.29, 0.717) is 11.8 Å². The Morgan fingerprint density at radius 1 is 1.08 bits per heavy atom. The third-order valence-corrected chi connectivity index (χ3v) is 4.21. The van der Waals surface area contributed by atoms with Crippen molar-refractivity contribution in [2.45, 2.75) is 51.8 Å². The Bertz CT molecular complexity index is 655. The number of nitrogens with one attached hydrogen (secondary N) is 1. The molecule has 3 atom stereocenters. The minimum atomic E-state index is -0.620. The fourth-order valence-electron chi connectivity index (χ4n) is 2.84. The number of hydrogen-bond acceptors (Lipinski definition) is 4. The van der Waals surface area contributed by atoms with Gasteiger partial charge in [0.15, 0.2) is 0 Å². The number of benzene rings is 2. The van der Waals surface area contributed by atoms with Crippen LogP contribution < -0.4 is 10.1 Å². The monoisotopic (exact) mass is 341 g/mol. The van der Waals surface area contributed by atoms with E-state index < -0.39 is 6.10 Å². The van der Waals surface area contributed by atoms with E-state index in [1.54, 1.807) is 24.3 Å². The van der Waals surface area contributed by atoms with Crippen LogP contribution in [0.25, 0.3) is 0 Å². The SMILES string of the molecule is CC(=O)Oc1ccc(C(O)C(C)NC(C)CCc2ccccc2)cc1. The van der Waals surface area contributed by atoms with Crippen LogP contribution in [0.3, 0.4) is 0 Å². The molecule has 0 saturated heterocycles. The highest BCUT2D eigenvalue weighted by Gasteiger charge is 2.18. The number of aliphatic hydroxyl groups is 1. The van der Waals surface area contributed by atoms with Crippen LogP contribution in [0.15, 0.2) is 54.6 Å². The minimum Gasteiger partial charge on any atom is -0.427 e. The third kappa shape index (κ3) is 6.33. The van der Waals surface area contributed by atoms with Gasteiger partial charge in [-0.1, -0.05) is 42.5 Å². The van der Waals surface area contributed by atoms with Crippen LogP contribution in [0.4, 0.5) is 0 Å². The lowest BCUT2D eigenvalue weighted by Crippen LogP contribution is -2.38. The summed E-state index contributed by atoms with van der Waals surface area (Å²) in [5.74, 6) is 0.135. The Labute approximate surface area is 149 Å². The zero-order valence-electron chi connectivity index (χ0n) is 15.1. The maximum atomic E-state index is 10.9. The number of aliphatic hydroxyl groups excluding tert-OH is 1. The molecule has 0 aromatic heterocycles. The normalized spacial score (nSPS) is 14.6. The van der Waals surface area contributed by atoms with Gasteiger partial charge in [0, 0.05) is 19.0 Å². The number of carbonyl (C=O) groups is 1. The smallest absolute Gasteiger partial charge is 0.308 e. The summed E-state index contributed by atoms with van der Waals surface area (Å²) in [4.78, 5) is 10.9. The lowest BCUT2D eigenvalue weighted by Gasteiger charge is -2.25. The van der Waals surface area contributed by atoms with E-state index >= 15 is 0 Å². The maximum Gasteiger partial charge on any atom is 0.308 e. The lowest BCUT2D eigenvalue weighted by molar-refractivity contribution is -0.131. The second-order valence-corrected chi connectivity index (χ2v) is 6.49. The Morgan fingerprint density at radius 2 is 1.72 bits per heavy atom. The molecule has 0 heterocycles. The summed E-state index contributed by atoms with van der Waals surface area (Å²) in [5.41, 5.74) is 2.12. The predicted octanol–water partition coefficient (Wildman–Crippen LogP) is 3.64. The van der Waals surface area contributed by atoms with Crippen LogP contribution in [0.5, 0.6) is 5.75 Å². The van der Waals surface area contributed by atoms with Gasteiger partial charge in [0.25, 0.3) is 0 Å². The number of esters is 1. The molecule has 134 valence electrons. The fourth-order valence-corrected chi connectivity index (χ4v) is 2.84. The van der Waals surface area contributed by atoms with Crippen molar-refractivity contribution in [1.29, 1.82) is 0 Å². The molecule has 2 N–H and O–H groups in total. The molecule has 0 bridgehead atoms. The summed E-state index contributed by atoms with van der Waals surface area (Å²) in [5, 5.41) is 14.0. The average Bonchev–Trinajstić information content (AvgIpc) is 2.60. The van der Waals surface area contributed by atoms with Crippen LogP contribution in [0.1, 0.15) is 44.4 Å². The molecule has 0 aliphatic carbocycles. The summed E-state index contributed by atoms with van der Waals surface area (Å²) in [6.07, 6.45) is 1.40. The van der Waals surface area contributed by atoms with Gasteiger partial charge in [-0.05, 0) is 49.9 Å². The second kappa shape index (κ2) is 9.35. The van der Waals surface area contributed by atoms with Crippen LogP contribution >= 0.6 is 0 Å². The Kier molecular flexibility index (Phi) is 7.16. The zero-order chi connectivity index (χ0) is 18.2. The first-order valence-electron chi connectivity index (χ1n) is 8.72. The van der Waals surface area contributed by atoms with E-state index in [1.165, 1.54) is 12.5 Å². The van der Waals surface area contributed by atoms with E-state index in [0.717, 1.165) is 18.4 Å². The lowest BCUT2D eigenvalue weighted by atomic mass is 10.0. The maximum absolute atomic E-state index is 10.9. The zero-order valence-corrected chi connectivity index (χ0v) is 15.1. The molecule has 0 amide bonds. The molecule has 3 unspecified atom stereocenters. The van der Waals surface area contributed by atoms with Crippen molar-refractivity contribution < 1.29 is 14.6 Å². The van der Waals surface area contributed by atoms with Crippen molar-refractivity contribution in [3.05, 3.63) is 65.7 Å². The summed E-state index contributed by atoms with van der Waals surface area (Å²) in [6.45, 7) is 5.48. The topological polar surface area (TPSA) is 58.6 Å². The highest BCUT2D eigenvalue weighted by molar-refractivity contribution is 5.69. The van der Waals surface area contributed by atoms with Gasteiger partial charge >= 0.3 is 5.97 Å². The van der Waals surface area contributed by atoms with Gasteiger partial charge in [0.1, 0.15) is 5.75 Å². The number of rotatable bonds is 8. The Morgan fingerprint density at radius 3 is 2.32 bits per heavy atom. The molecule has 4 nitrogen and oxygen atoms in total. The average molecular weight is 341 g/mol. The van der Waals surface area contributed by atoms with Gasteiger partial charge in [-0.25, -0.2) is 0 Å².